The maximum Gasteiger partial charge on any atom is 0.268 e. The van der Waals surface area contributed by atoms with Crippen molar-refractivity contribution < 1.29 is 13.2 Å². The molecule has 194 valence electrons. The van der Waals surface area contributed by atoms with E-state index in [-0.39, 0.29) is 14.9 Å². The molecule has 0 aliphatic rings. The number of nitrogens with zero attached hydrogens (tertiary/aromatic N) is 3. The Morgan fingerprint density at radius 1 is 0.865 bits per heavy atom. The lowest BCUT2D eigenvalue weighted by atomic mass is 10.1. The largest absolute Gasteiger partial charge is 0.478 e. The molecule has 0 amide bonds. The Kier molecular flexibility index (Phi) is 8.51. The minimum atomic E-state index is -4.13. The lowest BCUT2D eigenvalue weighted by Crippen LogP contribution is -2.28. The van der Waals surface area contributed by atoms with Gasteiger partial charge in [0.25, 0.3) is 10.0 Å². The van der Waals surface area contributed by atoms with Crippen molar-refractivity contribution in [3.05, 3.63) is 87.5 Å². The van der Waals surface area contributed by atoms with Gasteiger partial charge in [0.2, 0.25) is 0 Å². The van der Waals surface area contributed by atoms with E-state index < -0.39 is 10.0 Å². The zero-order valence-corrected chi connectivity index (χ0v) is 23.7. The van der Waals surface area contributed by atoms with Crippen molar-refractivity contribution in [2.45, 2.75) is 25.7 Å². The van der Waals surface area contributed by atoms with E-state index in [1.165, 1.54) is 22.5 Å². The summed E-state index contributed by atoms with van der Waals surface area (Å²) in [5.41, 5.74) is 2.07. The first-order valence-corrected chi connectivity index (χ1v) is 14.2. The number of benzene rings is 3. The van der Waals surface area contributed by atoms with Crippen LogP contribution >= 0.6 is 34.8 Å². The van der Waals surface area contributed by atoms with Crippen LogP contribution in [-0.2, 0) is 10.0 Å². The quantitative estimate of drug-likeness (QED) is 0.190. The average Bonchev–Trinajstić information content (AvgIpc) is 2.86. The molecule has 0 bridgehead atoms. The Morgan fingerprint density at radius 2 is 1.57 bits per heavy atom. The summed E-state index contributed by atoms with van der Waals surface area (Å²) in [6.45, 7) is 8.10. The van der Waals surface area contributed by atoms with Gasteiger partial charge >= 0.3 is 0 Å². The molecule has 37 heavy (non-hydrogen) atoms. The number of ether oxygens (including phenoxy) is 1. The third-order valence-corrected chi connectivity index (χ3v) is 8.62. The second kappa shape index (κ2) is 11.5. The van der Waals surface area contributed by atoms with Crippen molar-refractivity contribution in [2.24, 2.45) is 0 Å². The molecule has 0 aliphatic carbocycles. The third-order valence-electron chi connectivity index (χ3n) is 5.91. The highest BCUT2D eigenvalue weighted by molar-refractivity contribution is 7.93. The van der Waals surface area contributed by atoms with Gasteiger partial charge in [-0.1, -0.05) is 48.7 Å². The molecule has 0 spiro atoms. The van der Waals surface area contributed by atoms with Crippen LogP contribution < -0.4 is 9.04 Å². The lowest BCUT2D eigenvalue weighted by molar-refractivity contribution is 0.137. The summed E-state index contributed by atoms with van der Waals surface area (Å²) >= 11 is 18.5. The van der Waals surface area contributed by atoms with Crippen LogP contribution in [0.5, 0.6) is 5.75 Å². The summed E-state index contributed by atoms with van der Waals surface area (Å²) in [4.78, 5) is 6.69. The SMILES string of the molecule is CCN(CC)COc1ccc(N(c2cc(C)nc3cc(Cl)ccc23)S(=O)(=O)c2ccc(Cl)c(Cl)c2)cc1. The van der Waals surface area contributed by atoms with E-state index in [2.05, 4.69) is 23.7 Å². The summed E-state index contributed by atoms with van der Waals surface area (Å²) in [5.74, 6) is 0.630. The molecule has 0 N–H and O–H groups in total. The number of sulfonamides is 1. The van der Waals surface area contributed by atoms with Crippen LogP contribution in [0.1, 0.15) is 19.5 Å². The summed E-state index contributed by atoms with van der Waals surface area (Å²) in [5, 5.41) is 1.54. The van der Waals surface area contributed by atoms with Crippen molar-refractivity contribution in [1.82, 2.24) is 9.88 Å². The van der Waals surface area contributed by atoms with E-state index in [1.54, 1.807) is 55.5 Å². The normalized spacial score (nSPS) is 11.8. The van der Waals surface area contributed by atoms with Crippen molar-refractivity contribution in [3.63, 3.8) is 0 Å². The van der Waals surface area contributed by atoms with Crippen molar-refractivity contribution in [2.75, 3.05) is 24.1 Å². The van der Waals surface area contributed by atoms with Gasteiger partial charge < -0.3 is 4.74 Å². The van der Waals surface area contributed by atoms with E-state index in [4.69, 9.17) is 39.5 Å². The van der Waals surface area contributed by atoms with Crippen molar-refractivity contribution in [1.29, 1.82) is 0 Å². The molecule has 0 unspecified atom stereocenters. The first-order valence-electron chi connectivity index (χ1n) is 11.7. The van der Waals surface area contributed by atoms with Crippen molar-refractivity contribution in [3.8, 4) is 5.75 Å². The highest BCUT2D eigenvalue weighted by Crippen LogP contribution is 2.39. The first kappa shape index (κ1) is 27.5. The van der Waals surface area contributed by atoms with Gasteiger partial charge in [0, 0.05) is 16.1 Å². The number of aromatic nitrogens is 1. The maximum absolute atomic E-state index is 14.1. The summed E-state index contributed by atoms with van der Waals surface area (Å²) in [6, 6.07) is 18.1. The number of hydrogen-bond donors (Lipinski definition) is 0. The van der Waals surface area contributed by atoms with Gasteiger partial charge in [-0.15, -0.1) is 0 Å². The third kappa shape index (κ3) is 5.97. The number of rotatable bonds is 9. The number of anilines is 2. The van der Waals surface area contributed by atoms with Crippen LogP contribution in [0, 0.1) is 6.92 Å². The smallest absolute Gasteiger partial charge is 0.268 e. The molecule has 6 nitrogen and oxygen atoms in total. The first-order chi connectivity index (χ1) is 17.6. The second-order valence-electron chi connectivity index (χ2n) is 8.36. The average molecular weight is 579 g/mol. The molecule has 10 heteroatoms. The topological polar surface area (TPSA) is 62.7 Å². The van der Waals surface area contributed by atoms with Gasteiger partial charge in [-0.25, -0.2) is 12.7 Å². The molecule has 1 aromatic heterocycles. The zero-order valence-electron chi connectivity index (χ0n) is 20.6. The Morgan fingerprint density at radius 3 is 2.22 bits per heavy atom. The number of pyridine rings is 1. The molecular formula is C27H26Cl3N3O3S. The molecule has 0 atom stereocenters. The second-order valence-corrected chi connectivity index (χ2v) is 11.4. The van der Waals surface area contributed by atoms with Gasteiger partial charge in [0.1, 0.15) is 12.5 Å². The van der Waals surface area contributed by atoms with E-state index in [1.807, 2.05) is 0 Å². The fourth-order valence-electron chi connectivity index (χ4n) is 3.88. The minimum Gasteiger partial charge on any atom is -0.478 e. The Hall–Kier alpha value is -2.55. The summed E-state index contributed by atoms with van der Waals surface area (Å²) in [6.07, 6.45) is 0. The molecule has 0 saturated heterocycles. The molecular weight excluding hydrogens is 553 g/mol. The number of halogens is 3. The molecule has 0 fully saturated rings. The van der Waals surface area contributed by atoms with Gasteiger partial charge in [-0.05, 0) is 86.7 Å². The molecule has 0 radical (unpaired) electrons. The Balaban J connectivity index is 1.87. The van der Waals surface area contributed by atoms with Crippen LogP contribution in [0.4, 0.5) is 11.4 Å². The fraction of sp³-hybridized carbons (Fsp3) is 0.222. The Labute approximate surface area is 232 Å². The van der Waals surface area contributed by atoms with Gasteiger partial charge in [0.15, 0.2) is 0 Å². The fourth-order valence-corrected chi connectivity index (χ4v) is 5.94. The molecule has 0 aliphatic heterocycles. The van der Waals surface area contributed by atoms with E-state index >= 15 is 0 Å². The lowest BCUT2D eigenvalue weighted by Gasteiger charge is -2.27. The zero-order chi connectivity index (χ0) is 26.7. The van der Waals surface area contributed by atoms with Crippen LogP contribution in [0.3, 0.4) is 0 Å². The highest BCUT2D eigenvalue weighted by Gasteiger charge is 2.29. The Bertz CT molecular complexity index is 1520. The van der Waals surface area contributed by atoms with E-state index in [9.17, 15) is 8.42 Å². The van der Waals surface area contributed by atoms with E-state index in [0.717, 1.165) is 13.1 Å². The molecule has 1 heterocycles. The minimum absolute atomic E-state index is 0.000314. The standard InChI is InChI=1S/C27H26Cl3N3O3S/c1-4-32(5-2)17-36-21-9-7-20(8-10-21)33(37(34,35)22-11-13-24(29)25(30)16-22)27-14-18(3)31-26-15-19(28)6-12-23(26)27/h6-16H,4-5,17H2,1-3H3. The highest BCUT2D eigenvalue weighted by atomic mass is 35.5. The monoisotopic (exact) mass is 577 g/mol. The van der Waals surface area contributed by atoms with Crippen LogP contribution in [-0.4, -0.2) is 38.1 Å². The maximum atomic E-state index is 14.1. The number of fused-ring (bicyclic) bond motifs is 1. The molecule has 0 saturated carbocycles. The molecule has 4 rings (SSSR count). The van der Waals surface area contributed by atoms with Gasteiger partial charge in [0.05, 0.1) is 31.8 Å². The van der Waals surface area contributed by atoms with Gasteiger partial charge in [-0.2, -0.15) is 0 Å². The van der Waals surface area contributed by atoms with Gasteiger partial charge in [-0.3, -0.25) is 9.88 Å². The van der Waals surface area contributed by atoms with Crippen LogP contribution in [0.2, 0.25) is 15.1 Å². The predicted molar refractivity (Wildman–Crippen MR) is 152 cm³/mol. The predicted octanol–water partition coefficient (Wildman–Crippen LogP) is 7.71. The van der Waals surface area contributed by atoms with Crippen LogP contribution in [0.15, 0.2) is 71.6 Å². The molecule has 4 aromatic rings. The van der Waals surface area contributed by atoms with Crippen LogP contribution in [0.25, 0.3) is 10.9 Å². The van der Waals surface area contributed by atoms with Crippen molar-refractivity contribution >= 4 is 67.1 Å². The number of hydrogen-bond acceptors (Lipinski definition) is 5. The summed E-state index contributed by atoms with van der Waals surface area (Å²) in [7, 11) is -4.13. The summed E-state index contributed by atoms with van der Waals surface area (Å²) < 4.78 is 35.4. The molecule has 3 aromatic carbocycles. The van der Waals surface area contributed by atoms with E-state index in [0.29, 0.717) is 45.5 Å². The number of aryl methyl sites for hydroxylation is 1.